The molecule has 86 valence electrons. The maximum Gasteiger partial charge on any atom is 0.268 e. The number of primary amides is 1. The molecule has 5 nitrogen and oxygen atoms in total. The average Bonchev–Trinajstić information content (AvgIpc) is 2.30. The van der Waals surface area contributed by atoms with Gasteiger partial charge in [-0.3, -0.25) is 4.79 Å². The van der Waals surface area contributed by atoms with E-state index in [2.05, 4.69) is 4.98 Å². The first-order valence-electron chi connectivity index (χ1n) is 4.97. The Labute approximate surface area is 98.1 Å². The fraction of sp³-hybridized carbons (Fsp3) is 0.400. The van der Waals surface area contributed by atoms with Gasteiger partial charge >= 0.3 is 0 Å². The average molecular weight is 242 g/mol. The molecule has 0 spiro atoms. The summed E-state index contributed by atoms with van der Waals surface area (Å²) in [5, 5.41) is 0.282. The van der Waals surface area contributed by atoms with Gasteiger partial charge in [-0.15, -0.1) is 0 Å². The highest BCUT2D eigenvalue weighted by molar-refractivity contribution is 6.33. The quantitative estimate of drug-likeness (QED) is 0.826. The molecule has 16 heavy (non-hydrogen) atoms. The van der Waals surface area contributed by atoms with Gasteiger partial charge in [0, 0.05) is 13.1 Å². The number of ether oxygens (including phenoxy) is 1. The number of carbonyl (C=O) groups excluding carboxylic acids is 1. The van der Waals surface area contributed by atoms with Crippen molar-refractivity contribution in [1.29, 1.82) is 0 Å². The Morgan fingerprint density at radius 3 is 2.75 bits per heavy atom. The van der Waals surface area contributed by atoms with E-state index in [0.29, 0.717) is 19.0 Å². The fourth-order valence-electron chi connectivity index (χ4n) is 1.57. The lowest BCUT2D eigenvalue weighted by Gasteiger charge is -2.28. The molecule has 1 aliphatic heterocycles. The molecule has 0 aliphatic carbocycles. The number of nitrogens with two attached hydrogens (primary N) is 1. The van der Waals surface area contributed by atoms with Gasteiger partial charge in [-0.25, -0.2) is 4.98 Å². The molecule has 2 heterocycles. The van der Waals surface area contributed by atoms with Crippen molar-refractivity contribution >= 4 is 23.3 Å². The molecule has 2 rings (SSSR count). The Morgan fingerprint density at radius 2 is 2.12 bits per heavy atom. The first kappa shape index (κ1) is 11.2. The Balaban J connectivity index is 2.27. The summed E-state index contributed by atoms with van der Waals surface area (Å²) in [6, 6.07) is 3.42. The van der Waals surface area contributed by atoms with Crippen LogP contribution in [0.15, 0.2) is 12.1 Å². The van der Waals surface area contributed by atoms with E-state index < -0.39 is 5.91 Å². The number of amides is 1. The zero-order chi connectivity index (χ0) is 11.5. The predicted octanol–water partition coefficient (Wildman–Crippen LogP) is 0.670. The van der Waals surface area contributed by atoms with Crippen molar-refractivity contribution < 1.29 is 9.53 Å². The number of morpholine rings is 1. The van der Waals surface area contributed by atoms with Gasteiger partial charge in [0.2, 0.25) is 0 Å². The van der Waals surface area contributed by atoms with Crippen molar-refractivity contribution in [2.75, 3.05) is 31.2 Å². The minimum Gasteiger partial charge on any atom is -0.378 e. The minimum atomic E-state index is -0.611. The summed E-state index contributed by atoms with van der Waals surface area (Å²) in [6.07, 6.45) is 0. The SMILES string of the molecule is NC(=O)c1nc(N2CCOCC2)ccc1Cl. The Bertz CT molecular complexity index is 405. The summed E-state index contributed by atoms with van der Waals surface area (Å²) in [5.41, 5.74) is 5.30. The molecule has 6 heteroatoms. The summed E-state index contributed by atoms with van der Waals surface area (Å²) in [7, 11) is 0. The van der Waals surface area contributed by atoms with Gasteiger partial charge in [0.1, 0.15) is 11.5 Å². The molecule has 1 saturated heterocycles. The van der Waals surface area contributed by atoms with Crippen LogP contribution in [0.25, 0.3) is 0 Å². The zero-order valence-corrected chi connectivity index (χ0v) is 9.41. The van der Waals surface area contributed by atoms with Gasteiger partial charge in [-0.05, 0) is 12.1 Å². The minimum absolute atomic E-state index is 0.116. The number of halogens is 1. The molecule has 2 N–H and O–H groups in total. The Kier molecular flexibility index (Phi) is 3.26. The van der Waals surface area contributed by atoms with Crippen LogP contribution < -0.4 is 10.6 Å². The highest BCUT2D eigenvalue weighted by atomic mass is 35.5. The molecular weight excluding hydrogens is 230 g/mol. The second kappa shape index (κ2) is 4.67. The van der Waals surface area contributed by atoms with Crippen LogP contribution in [0.1, 0.15) is 10.5 Å². The van der Waals surface area contributed by atoms with E-state index in [9.17, 15) is 4.79 Å². The van der Waals surface area contributed by atoms with Gasteiger partial charge in [0.25, 0.3) is 5.91 Å². The summed E-state index contributed by atoms with van der Waals surface area (Å²) in [5.74, 6) is 0.0987. The maximum atomic E-state index is 11.1. The van der Waals surface area contributed by atoms with Crippen LogP contribution in [-0.4, -0.2) is 37.2 Å². The fourth-order valence-corrected chi connectivity index (χ4v) is 1.77. The number of nitrogens with zero attached hydrogens (tertiary/aromatic N) is 2. The van der Waals surface area contributed by atoms with Crippen molar-refractivity contribution in [3.05, 3.63) is 22.8 Å². The molecule has 0 atom stereocenters. The lowest BCUT2D eigenvalue weighted by Crippen LogP contribution is -2.37. The molecule has 1 fully saturated rings. The molecule has 1 aliphatic rings. The second-order valence-electron chi connectivity index (χ2n) is 3.46. The van der Waals surface area contributed by atoms with Crippen LogP contribution in [0, 0.1) is 0 Å². The largest absolute Gasteiger partial charge is 0.378 e. The monoisotopic (exact) mass is 241 g/mol. The molecule has 0 aromatic carbocycles. The highest BCUT2D eigenvalue weighted by Crippen LogP contribution is 2.19. The van der Waals surface area contributed by atoms with Crippen LogP contribution in [0.2, 0.25) is 5.02 Å². The standard InChI is InChI=1S/C10H12ClN3O2/c11-7-1-2-8(13-9(7)10(12)15)14-3-5-16-6-4-14/h1-2H,3-6H2,(H2,12,15). The summed E-state index contributed by atoms with van der Waals surface area (Å²) < 4.78 is 5.24. The molecule has 1 aromatic heterocycles. The normalized spacial score (nSPS) is 16.2. The molecule has 0 saturated carbocycles. The zero-order valence-electron chi connectivity index (χ0n) is 8.65. The summed E-state index contributed by atoms with van der Waals surface area (Å²) in [6.45, 7) is 2.84. The lowest BCUT2D eigenvalue weighted by molar-refractivity contribution is 0.0995. The maximum absolute atomic E-state index is 11.1. The van der Waals surface area contributed by atoms with Crippen molar-refractivity contribution in [2.24, 2.45) is 5.73 Å². The molecular formula is C10H12ClN3O2. The lowest BCUT2D eigenvalue weighted by atomic mass is 10.3. The number of hydrogen-bond acceptors (Lipinski definition) is 4. The predicted molar refractivity (Wildman–Crippen MR) is 60.8 cm³/mol. The Hall–Kier alpha value is -1.33. The van der Waals surface area contributed by atoms with Gasteiger partial charge < -0.3 is 15.4 Å². The van der Waals surface area contributed by atoms with Crippen molar-refractivity contribution in [2.45, 2.75) is 0 Å². The van der Waals surface area contributed by atoms with E-state index in [4.69, 9.17) is 22.1 Å². The van der Waals surface area contributed by atoms with Gasteiger partial charge in [-0.2, -0.15) is 0 Å². The first-order valence-corrected chi connectivity index (χ1v) is 5.35. The smallest absolute Gasteiger partial charge is 0.268 e. The first-order chi connectivity index (χ1) is 7.68. The van der Waals surface area contributed by atoms with Gasteiger partial charge in [-0.1, -0.05) is 11.6 Å². The number of anilines is 1. The molecule has 0 radical (unpaired) electrons. The van der Waals surface area contributed by atoms with Crippen molar-refractivity contribution in [1.82, 2.24) is 4.98 Å². The van der Waals surface area contributed by atoms with Crippen LogP contribution in [0.4, 0.5) is 5.82 Å². The van der Waals surface area contributed by atoms with E-state index >= 15 is 0 Å². The molecule has 0 bridgehead atoms. The van der Waals surface area contributed by atoms with Crippen molar-refractivity contribution in [3.63, 3.8) is 0 Å². The number of pyridine rings is 1. The number of carbonyl (C=O) groups is 1. The number of rotatable bonds is 2. The molecule has 1 amide bonds. The molecule has 0 unspecified atom stereocenters. The van der Waals surface area contributed by atoms with Crippen LogP contribution in [-0.2, 0) is 4.74 Å². The van der Waals surface area contributed by atoms with Crippen molar-refractivity contribution in [3.8, 4) is 0 Å². The third kappa shape index (κ3) is 2.25. The van der Waals surface area contributed by atoms with Crippen LogP contribution >= 0.6 is 11.6 Å². The third-order valence-electron chi connectivity index (χ3n) is 2.40. The third-order valence-corrected chi connectivity index (χ3v) is 2.70. The van der Waals surface area contributed by atoms with E-state index in [1.54, 1.807) is 12.1 Å². The second-order valence-corrected chi connectivity index (χ2v) is 3.87. The van der Waals surface area contributed by atoms with E-state index in [1.165, 1.54) is 0 Å². The number of hydrogen-bond donors (Lipinski definition) is 1. The summed E-state index contributed by atoms with van der Waals surface area (Å²) in [4.78, 5) is 17.3. The van der Waals surface area contributed by atoms with Gasteiger partial charge in [0.05, 0.1) is 18.2 Å². The summed E-state index contributed by atoms with van der Waals surface area (Å²) >= 11 is 5.82. The molecule has 1 aromatic rings. The van der Waals surface area contributed by atoms with E-state index in [1.807, 2.05) is 4.90 Å². The van der Waals surface area contributed by atoms with E-state index in [0.717, 1.165) is 13.1 Å². The van der Waals surface area contributed by atoms with Crippen LogP contribution in [0.3, 0.4) is 0 Å². The highest BCUT2D eigenvalue weighted by Gasteiger charge is 2.15. The van der Waals surface area contributed by atoms with E-state index in [-0.39, 0.29) is 10.7 Å². The topological polar surface area (TPSA) is 68.5 Å². The number of aromatic nitrogens is 1. The van der Waals surface area contributed by atoms with Gasteiger partial charge in [0.15, 0.2) is 0 Å². The van der Waals surface area contributed by atoms with Crippen LogP contribution in [0.5, 0.6) is 0 Å². The Morgan fingerprint density at radius 1 is 1.44 bits per heavy atom.